The van der Waals surface area contributed by atoms with E-state index in [1.807, 2.05) is 42.5 Å². The minimum absolute atomic E-state index is 0.0457. The fourth-order valence-corrected chi connectivity index (χ4v) is 4.27. The molecule has 1 N–H and O–H groups in total. The SMILES string of the molecule is O=C1OC(c2ccccc2)(c2ccccn2)CC(O)=C1Sc1ccccc1Cl. The molecule has 0 fully saturated rings. The number of nitrogens with zero attached hydrogens (tertiary/aromatic N) is 1. The van der Waals surface area contributed by atoms with Gasteiger partial charge in [0.1, 0.15) is 10.7 Å². The molecule has 0 saturated heterocycles. The molecule has 0 saturated carbocycles. The molecule has 4 nitrogen and oxygen atoms in total. The van der Waals surface area contributed by atoms with Crippen LogP contribution in [0.2, 0.25) is 5.02 Å². The lowest BCUT2D eigenvalue weighted by Gasteiger charge is -2.36. The number of carbonyl (C=O) groups is 1. The molecule has 1 aromatic heterocycles. The highest BCUT2D eigenvalue weighted by Crippen LogP contribution is 2.46. The first-order valence-corrected chi connectivity index (χ1v) is 9.84. The second-order valence-corrected chi connectivity index (χ2v) is 7.74. The lowest BCUT2D eigenvalue weighted by molar-refractivity contribution is -0.154. The third kappa shape index (κ3) is 3.39. The molecule has 3 aromatic rings. The molecule has 6 heteroatoms. The van der Waals surface area contributed by atoms with Crippen LogP contribution in [0.5, 0.6) is 0 Å². The molecular weight excluding hydrogens is 394 g/mol. The molecule has 0 bridgehead atoms. The Kier molecular flexibility index (Phi) is 5.11. The van der Waals surface area contributed by atoms with E-state index in [4.69, 9.17) is 16.3 Å². The number of ether oxygens (including phenoxy) is 1. The van der Waals surface area contributed by atoms with Gasteiger partial charge in [-0.1, -0.05) is 71.9 Å². The maximum absolute atomic E-state index is 13.0. The lowest BCUT2D eigenvalue weighted by atomic mass is 9.84. The molecule has 1 aliphatic rings. The number of carbonyl (C=O) groups excluding carboxylic acids is 1. The Morgan fingerprint density at radius 1 is 1.00 bits per heavy atom. The van der Waals surface area contributed by atoms with Crippen LogP contribution in [-0.4, -0.2) is 16.1 Å². The summed E-state index contributed by atoms with van der Waals surface area (Å²) in [6, 6.07) is 21.9. The Hall–Kier alpha value is -2.76. The van der Waals surface area contributed by atoms with Crippen molar-refractivity contribution in [2.45, 2.75) is 16.9 Å². The largest absolute Gasteiger partial charge is 0.511 e. The van der Waals surface area contributed by atoms with E-state index in [0.29, 0.717) is 15.6 Å². The molecule has 140 valence electrons. The minimum Gasteiger partial charge on any atom is -0.511 e. The molecule has 0 radical (unpaired) electrons. The molecule has 1 unspecified atom stereocenters. The van der Waals surface area contributed by atoms with Crippen molar-refractivity contribution in [2.24, 2.45) is 0 Å². The summed E-state index contributed by atoms with van der Waals surface area (Å²) >= 11 is 7.30. The normalized spacial score (nSPS) is 19.4. The third-order valence-corrected chi connectivity index (χ3v) is 6.12. The number of halogens is 1. The number of aromatic nitrogens is 1. The highest BCUT2D eigenvalue weighted by molar-refractivity contribution is 8.04. The molecule has 2 aromatic carbocycles. The van der Waals surface area contributed by atoms with Gasteiger partial charge in [-0.15, -0.1) is 0 Å². The van der Waals surface area contributed by atoms with Crippen molar-refractivity contribution >= 4 is 29.3 Å². The van der Waals surface area contributed by atoms with Crippen LogP contribution in [0.15, 0.2) is 94.6 Å². The number of hydrogen-bond acceptors (Lipinski definition) is 5. The van der Waals surface area contributed by atoms with Crippen molar-refractivity contribution in [3.05, 3.63) is 106 Å². The van der Waals surface area contributed by atoms with E-state index in [9.17, 15) is 9.90 Å². The summed E-state index contributed by atoms with van der Waals surface area (Å²) in [5.74, 6) is -0.654. The molecule has 0 amide bonds. The number of thioether (sulfide) groups is 1. The summed E-state index contributed by atoms with van der Waals surface area (Å²) in [6.07, 6.45) is 1.73. The van der Waals surface area contributed by atoms with Crippen molar-refractivity contribution in [2.75, 3.05) is 0 Å². The first-order chi connectivity index (χ1) is 13.6. The highest BCUT2D eigenvalue weighted by Gasteiger charge is 2.46. The Bertz CT molecular complexity index is 998. The summed E-state index contributed by atoms with van der Waals surface area (Å²) < 4.78 is 5.96. The second kappa shape index (κ2) is 7.70. The van der Waals surface area contributed by atoms with Gasteiger partial charge in [0.2, 0.25) is 0 Å². The predicted octanol–water partition coefficient (Wildman–Crippen LogP) is 5.49. The first kappa shape index (κ1) is 18.6. The van der Waals surface area contributed by atoms with Gasteiger partial charge in [-0.3, -0.25) is 4.98 Å². The van der Waals surface area contributed by atoms with Gasteiger partial charge in [0.05, 0.1) is 17.1 Å². The molecule has 4 rings (SSSR count). The minimum atomic E-state index is -1.19. The zero-order valence-electron chi connectivity index (χ0n) is 14.7. The van der Waals surface area contributed by atoms with Crippen molar-refractivity contribution < 1.29 is 14.6 Å². The molecule has 28 heavy (non-hydrogen) atoms. The quantitative estimate of drug-likeness (QED) is 0.577. The highest BCUT2D eigenvalue weighted by atomic mass is 35.5. The van der Waals surface area contributed by atoms with Gasteiger partial charge in [0.25, 0.3) is 0 Å². The van der Waals surface area contributed by atoms with Gasteiger partial charge in [0, 0.05) is 16.7 Å². The number of esters is 1. The van der Waals surface area contributed by atoms with Gasteiger partial charge in [-0.2, -0.15) is 0 Å². The summed E-state index contributed by atoms with van der Waals surface area (Å²) in [7, 11) is 0. The predicted molar refractivity (Wildman–Crippen MR) is 109 cm³/mol. The van der Waals surface area contributed by atoms with Crippen LogP contribution in [0.4, 0.5) is 0 Å². The Morgan fingerprint density at radius 3 is 2.39 bits per heavy atom. The summed E-state index contributed by atoms with van der Waals surface area (Å²) in [4.78, 5) is 18.2. The lowest BCUT2D eigenvalue weighted by Crippen LogP contribution is -2.39. The van der Waals surface area contributed by atoms with Crippen molar-refractivity contribution in [3.8, 4) is 0 Å². The van der Waals surface area contributed by atoms with Crippen LogP contribution in [0.3, 0.4) is 0 Å². The van der Waals surface area contributed by atoms with Crippen LogP contribution >= 0.6 is 23.4 Å². The summed E-state index contributed by atoms with van der Waals surface area (Å²) in [5, 5.41) is 11.3. The van der Waals surface area contributed by atoms with Crippen LogP contribution in [0.1, 0.15) is 17.7 Å². The monoisotopic (exact) mass is 409 g/mol. The van der Waals surface area contributed by atoms with Crippen molar-refractivity contribution in [1.82, 2.24) is 4.98 Å². The maximum Gasteiger partial charge on any atom is 0.349 e. The zero-order chi connectivity index (χ0) is 19.6. The van der Waals surface area contributed by atoms with E-state index in [-0.39, 0.29) is 17.1 Å². The van der Waals surface area contributed by atoms with E-state index >= 15 is 0 Å². The zero-order valence-corrected chi connectivity index (χ0v) is 16.3. The van der Waals surface area contributed by atoms with Crippen molar-refractivity contribution in [1.29, 1.82) is 0 Å². The van der Waals surface area contributed by atoms with Gasteiger partial charge in [0.15, 0.2) is 5.60 Å². The van der Waals surface area contributed by atoms with Crippen LogP contribution in [0, 0.1) is 0 Å². The summed E-state index contributed by atoms with van der Waals surface area (Å²) in [5.41, 5.74) is 0.118. The second-order valence-electron chi connectivity index (χ2n) is 6.28. The number of aliphatic hydroxyl groups excluding tert-OH is 1. The van der Waals surface area contributed by atoms with Gasteiger partial charge >= 0.3 is 5.97 Å². The third-order valence-electron chi connectivity index (χ3n) is 4.50. The van der Waals surface area contributed by atoms with Gasteiger partial charge in [-0.05, 0) is 24.3 Å². The molecular formula is C22H16ClNO3S. The smallest absolute Gasteiger partial charge is 0.349 e. The maximum atomic E-state index is 13.0. The summed E-state index contributed by atoms with van der Waals surface area (Å²) in [6.45, 7) is 0. The Morgan fingerprint density at radius 2 is 1.71 bits per heavy atom. The number of pyridine rings is 1. The molecule has 0 aliphatic carbocycles. The first-order valence-electron chi connectivity index (χ1n) is 8.65. The average molecular weight is 410 g/mol. The van der Waals surface area contributed by atoms with Gasteiger partial charge in [-0.25, -0.2) is 4.79 Å². The van der Waals surface area contributed by atoms with E-state index in [1.54, 1.807) is 36.5 Å². The van der Waals surface area contributed by atoms with E-state index in [2.05, 4.69) is 4.98 Å². The number of aliphatic hydroxyl groups is 1. The van der Waals surface area contributed by atoms with Gasteiger partial charge < -0.3 is 9.84 Å². The Labute approximate surface area is 171 Å². The van der Waals surface area contributed by atoms with Crippen LogP contribution < -0.4 is 0 Å². The van der Waals surface area contributed by atoms with E-state index in [0.717, 1.165) is 17.3 Å². The number of hydrogen-bond donors (Lipinski definition) is 1. The van der Waals surface area contributed by atoms with Crippen LogP contribution in [0.25, 0.3) is 0 Å². The molecule has 1 aliphatic heterocycles. The van der Waals surface area contributed by atoms with Crippen molar-refractivity contribution in [3.63, 3.8) is 0 Å². The standard InChI is InChI=1S/C22H16ClNO3S/c23-16-10-4-5-11-18(16)28-20-17(25)14-22(27-21(20)26,15-8-2-1-3-9-15)19-12-6-7-13-24-19/h1-13,25H,14H2. The fraction of sp³-hybridized carbons (Fsp3) is 0.0909. The number of rotatable bonds is 4. The van der Waals surface area contributed by atoms with E-state index in [1.165, 1.54) is 0 Å². The molecule has 2 heterocycles. The molecule has 0 spiro atoms. The number of benzene rings is 2. The topological polar surface area (TPSA) is 59.4 Å². The van der Waals surface area contributed by atoms with Crippen LogP contribution in [-0.2, 0) is 15.1 Å². The Balaban J connectivity index is 1.79. The van der Waals surface area contributed by atoms with E-state index < -0.39 is 11.6 Å². The average Bonchev–Trinajstić information content (AvgIpc) is 2.73. The fourth-order valence-electron chi connectivity index (χ4n) is 3.17. The molecule has 1 atom stereocenters. The number of cyclic esters (lactones) is 1.